The quantitative estimate of drug-likeness (QED) is 0.628. The smallest absolute Gasteiger partial charge is 0.119 e. The first-order chi connectivity index (χ1) is 9.24. The lowest BCUT2D eigenvalue weighted by molar-refractivity contribution is 0.415. The molecule has 0 unspecified atom stereocenters. The summed E-state index contributed by atoms with van der Waals surface area (Å²) in [6.07, 6.45) is 1.51. The molecule has 0 atom stereocenters. The molecule has 0 aliphatic carbocycles. The minimum absolute atomic E-state index is 0.391. The van der Waals surface area contributed by atoms with Crippen LogP contribution in [-0.4, -0.2) is 12.1 Å². The Bertz CT molecular complexity index is 837. The maximum atomic E-state index is 8.97. The average Bonchev–Trinajstić information content (AvgIpc) is 2.46. The zero-order chi connectivity index (χ0) is 13.4. The molecule has 2 aromatic carbocycles. The van der Waals surface area contributed by atoms with Crippen molar-refractivity contribution in [3.05, 3.63) is 47.1 Å². The molecule has 0 saturated carbocycles. The fourth-order valence-electron chi connectivity index (χ4n) is 2.14. The van der Waals surface area contributed by atoms with Crippen molar-refractivity contribution in [1.29, 1.82) is 5.26 Å². The summed E-state index contributed by atoms with van der Waals surface area (Å²) in [7, 11) is 1.64. The topological polar surface area (TPSA) is 45.9 Å². The summed E-state index contributed by atoms with van der Waals surface area (Å²) >= 11 is 6.21. The zero-order valence-corrected chi connectivity index (χ0v) is 10.9. The number of nitrogens with zero attached hydrogens (tertiary/aromatic N) is 2. The van der Waals surface area contributed by atoms with Crippen molar-refractivity contribution in [1.82, 2.24) is 4.98 Å². The van der Waals surface area contributed by atoms with Crippen molar-refractivity contribution in [3.63, 3.8) is 0 Å². The van der Waals surface area contributed by atoms with Crippen LogP contribution in [0.3, 0.4) is 0 Å². The SMILES string of the molecule is COc1ccc2c(ccc3c(Cl)c(C#N)cnc32)c1. The molecule has 4 heteroatoms. The molecule has 92 valence electrons. The van der Waals surface area contributed by atoms with E-state index in [-0.39, 0.29) is 0 Å². The van der Waals surface area contributed by atoms with Crippen molar-refractivity contribution in [2.75, 3.05) is 7.11 Å². The molecule has 0 spiro atoms. The standard InChI is InChI=1S/C15H9ClN2O/c1-19-11-3-5-12-9(6-11)2-4-13-14(16)10(7-17)8-18-15(12)13/h2-6,8H,1H3. The fourth-order valence-corrected chi connectivity index (χ4v) is 2.39. The van der Waals surface area contributed by atoms with Crippen LogP contribution in [0.4, 0.5) is 0 Å². The summed E-state index contributed by atoms with van der Waals surface area (Å²) in [6.45, 7) is 0. The van der Waals surface area contributed by atoms with E-state index >= 15 is 0 Å². The van der Waals surface area contributed by atoms with Crippen molar-refractivity contribution in [3.8, 4) is 11.8 Å². The number of benzene rings is 2. The van der Waals surface area contributed by atoms with Gasteiger partial charge in [-0.2, -0.15) is 5.26 Å². The monoisotopic (exact) mass is 268 g/mol. The largest absolute Gasteiger partial charge is 0.497 e. The Morgan fingerprint density at radius 2 is 2.00 bits per heavy atom. The molecule has 1 heterocycles. The summed E-state index contributed by atoms with van der Waals surface area (Å²) < 4.78 is 5.21. The fraction of sp³-hybridized carbons (Fsp3) is 0.0667. The second-order valence-corrected chi connectivity index (χ2v) is 4.52. The number of hydrogen-bond acceptors (Lipinski definition) is 3. The lowest BCUT2D eigenvalue weighted by atomic mass is 10.0. The number of pyridine rings is 1. The third kappa shape index (κ3) is 1.78. The van der Waals surface area contributed by atoms with Gasteiger partial charge in [0.25, 0.3) is 0 Å². The third-order valence-corrected chi connectivity index (χ3v) is 3.52. The minimum atomic E-state index is 0.391. The molecular weight excluding hydrogens is 260 g/mol. The Balaban J connectivity index is 2.42. The number of methoxy groups -OCH3 is 1. The van der Waals surface area contributed by atoms with Crippen LogP contribution in [0, 0.1) is 11.3 Å². The molecule has 0 amide bonds. The van der Waals surface area contributed by atoms with Crippen LogP contribution in [0.5, 0.6) is 5.75 Å². The Morgan fingerprint density at radius 3 is 2.74 bits per heavy atom. The number of rotatable bonds is 1. The molecular formula is C15H9ClN2O. The van der Waals surface area contributed by atoms with Gasteiger partial charge in [0, 0.05) is 17.0 Å². The van der Waals surface area contributed by atoms with Crippen molar-refractivity contribution in [2.45, 2.75) is 0 Å². The molecule has 3 nitrogen and oxygen atoms in total. The van der Waals surface area contributed by atoms with E-state index in [1.54, 1.807) is 7.11 Å². The first-order valence-electron chi connectivity index (χ1n) is 5.69. The number of nitriles is 1. The normalized spacial score (nSPS) is 10.6. The Morgan fingerprint density at radius 1 is 1.21 bits per heavy atom. The molecule has 3 rings (SSSR count). The van der Waals surface area contributed by atoms with Crippen LogP contribution in [0.2, 0.25) is 5.02 Å². The number of aromatic nitrogens is 1. The Labute approximate surface area is 115 Å². The Kier molecular flexibility index (Phi) is 2.73. The van der Waals surface area contributed by atoms with Crippen LogP contribution >= 0.6 is 11.6 Å². The van der Waals surface area contributed by atoms with Gasteiger partial charge in [-0.05, 0) is 23.6 Å². The number of ether oxygens (including phenoxy) is 1. The molecule has 0 N–H and O–H groups in total. The number of hydrogen-bond donors (Lipinski definition) is 0. The zero-order valence-electron chi connectivity index (χ0n) is 10.1. The highest BCUT2D eigenvalue weighted by molar-refractivity contribution is 6.37. The minimum Gasteiger partial charge on any atom is -0.497 e. The van der Waals surface area contributed by atoms with E-state index in [0.29, 0.717) is 10.6 Å². The van der Waals surface area contributed by atoms with Gasteiger partial charge in [-0.25, -0.2) is 0 Å². The van der Waals surface area contributed by atoms with Crippen LogP contribution in [0.1, 0.15) is 5.56 Å². The molecule has 0 radical (unpaired) electrons. The van der Waals surface area contributed by atoms with Gasteiger partial charge in [0.1, 0.15) is 11.8 Å². The highest BCUT2D eigenvalue weighted by Crippen LogP contribution is 2.32. The van der Waals surface area contributed by atoms with Crippen molar-refractivity contribution in [2.24, 2.45) is 0 Å². The first kappa shape index (κ1) is 11.8. The number of halogens is 1. The molecule has 0 fully saturated rings. The third-order valence-electron chi connectivity index (χ3n) is 3.11. The summed E-state index contributed by atoms with van der Waals surface area (Å²) in [5.74, 6) is 0.798. The van der Waals surface area contributed by atoms with Gasteiger partial charge in [-0.1, -0.05) is 23.7 Å². The lowest BCUT2D eigenvalue weighted by Gasteiger charge is -2.07. The van der Waals surface area contributed by atoms with E-state index in [2.05, 4.69) is 4.98 Å². The second-order valence-electron chi connectivity index (χ2n) is 4.15. The summed E-state index contributed by atoms with van der Waals surface area (Å²) in [4.78, 5) is 4.35. The lowest BCUT2D eigenvalue weighted by Crippen LogP contribution is -1.88. The van der Waals surface area contributed by atoms with E-state index in [0.717, 1.165) is 27.4 Å². The van der Waals surface area contributed by atoms with Gasteiger partial charge in [0.2, 0.25) is 0 Å². The maximum absolute atomic E-state index is 8.97. The van der Waals surface area contributed by atoms with Gasteiger partial charge in [0.15, 0.2) is 0 Å². The van der Waals surface area contributed by atoms with E-state index in [4.69, 9.17) is 21.6 Å². The van der Waals surface area contributed by atoms with Gasteiger partial charge in [-0.3, -0.25) is 4.98 Å². The van der Waals surface area contributed by atoms with Crippen LogP contribution in [0.25, 0.3) is 21.7 Å². The van der Waals surface area contributed by atoms with E-state index in [1.165, 1.54) is 6.20 Å². The van der Waals surface area contributed by atoms with Crippen molar-refractivity contribution < 1.29 is 4.74 Å². The van der Waals surface area contributed by atoms with Gasteiger partial charge in [-0.15, -0.1) is 0 Å². The highest BCUT2D eigenvalue weighted by Gasteiger charge is 2.09. The molecule has 0 aliphatic heterocycles. The summed E-state index contributed by atoms with van der Waals surface area (Å²) in [6, 6.07) is 11.7. The van der Waals surface area contributed by atoms with Gasteiger partial charge < -0.3 is 4.74 Å². The summed E-state index contributed by atoms with van der Waals surface area (Å²) in [5, 5.41) is 12.2. The summed E-state index contributed by atoms with van der Waals surface area (Å²) in [5.41, 5.74) is 1.19. The first-order valence-corrected chi connectivity index (χ1v) is 6.07. The van der Waals surface area contributed by atoms with Crippen molar-refractivity contribution >= 4 is 33.3 Å². The molecule has 0 bridgehead atoms. The van der Waals surface area contributed by atoms with Gasteiger partial charge in [0.05, 0.1) is 23.2 Å². The molecule has 1 aromatic heterocycles. The molecule has 0 aliphatic rings. The number of fused-ring (bicyclic) bond motifs is 3. The van der Waals surface area contributed by atoms with E-state index < -0.39 is 0 Å². The molecule has 3 aromatic rings. The molecule has 0 saturated heterocycles. The van der Waals surface area contributed by atoms with Crippen LogP contribution < -0.4 is 4.74 Å². The van der Waals surface area contributed by atoms with Gasteiger partial charge >= 0.3 is 0 Å². The Hall–Kier alpha value is -2.31. The van der Waals surface area contributed by atoms with E-state index in [1.807, 2.05) is 36.4 Å². The predicted octanol–water partition coefficient (Wildman–Crippen LogP) is 3.92. The van der Waals surface area contributed by atoms with Crippen LogP contribution in [0.15, 0.2) is 36.5 Å². The average molecular weight is 269 g/mol. The second kappa shape index (κ2) is 4.42. The van der Waals surface area contributed by atoms with E-state index in [9.17, 15) is 0 Å². The maximum Gasteiger partial charge on any atom is 0.119 e. The molecule has 19 heavy (non-hydrogen) atoms. The predicted molar refractivity (Wildman–Crippen MR) is 75.5 cm³/mol. The van der Waals surface area contributed by atoms with Crippen LogP contribution in [-0.2, 0) is 0 Å². The highest BCUT2D eigenvalue weighted by atomic mass is 35.5.